The van der Waals surface area contributed by atoms with E-state index < -0.39 is 5.97 Å². The Morgan fingerprint density at radius 2 is 1.38 bits per heavy atom. The second kappa shape index (κ2) is 6.41. The quantitative estimate of drug-likeness (QED) is 0.416. The summed E-state index contributed by atoms with van der Waals surface area (Å²) in [4.78, 5) is 37.3. The van der Waals surface area contributed by atoms with Crippen LogP contribution in [0.25, 0.3) is 11.1 Å². The van der Waals surface area contributed by atoms with Crippen LogP contribution in [0.2, 0.25) is 0 Å². The molecular formula is C22H14O4. The van der Waals surface area contributed by atoms with Gasteiger partial charge in [0.1, 0.15) is 0 Å². The van der Waals surface area contributed by atoms with Crippen molar-refractivity contribution in [3.05, 3.63) is 95.1 Å². The summed E-state index contributed by atoms with van der Waals surface area (Å²) in [6.07, 6.45) is 0. The maximum atomic E-state index is 12.7. The summed E-state index contributed by atoms with van der Waals surface area (Å²) < 4.78 is 5.18. The first-order valence-corrected chi connectivity index (χ1v) is 8.19. The molecule has 1 aliphatic rings. The van der Waals surface area contributed by atoms with Crippen LogP contribution in [0, 0.1) is 0 Å². The van der Waals surface area contributed by atoms with Gasteiger partial charge in [-0.05, 0) is 17.2 Å². The van der Waals surface area contributed by atoms with E-state index in [4.69, 9.17) is 4.74 Å². The normalized spacial score (nSPS) is 11.6. The Labute approximate surface area is 150 Å². The van der Waals surface area contributed by atoms with Gasteiger partial charge in [-0.25, -0.2) is 4.79 Å². The zero-order valence-corrected chi connectivity index (χ0v) is 13.8. The number of ketones is 2. The van der Waals surface area contributed by atoms with E-state index in [-0.39, 0.29) is 23.7 Å². The summed E-state index contributed by atoms with van der Waals surface area (Å²) in [6, 6.07) is 20.9. The highest BCUT2D eigenvalue weighted by Gasteiger charge is 2.31. The molecule has 126 valence electrons. The van der Waals surface area contributed by atoms with Crippen molar-refractivity contribution in [3.8, 4) is 11.1 Å². The lowest BCUT2D eigenvalue weighted by Gasteiger charge is -2.08. The van der Waals surface area contributed by atoms with Crippen molar-refractivity contribution in [2.45, 2.75) is 0 Å². The van der Waals surface area contributed by atoms with Gasteiger partial charge in [0.05, 0.1) is 5.56 Å². The van der Waals surface area contributed by atoms with Crippen molar-refractivity contribution in [2.24, 2.45) is 0 Å². The maximum absolute atomic E-state index is 12.7. The Kier molecular flexibility index (Phi) is 3.93. The number of ether oxygens (including phenoxy) is 1. The molecule has 3 aromatic rings. The number of Topliss-reactive ketones (excluding diaryl/α,β-unsaturated/α-hetero) is 1. The summed E-state index contributed by atoms with van der Waals surface area (Å²) in [5, 5.41) is 0. The van der Waals surface area contributed by atoms with Crippen molar-refractivity contribution in [2.75, 3.05) is 6.61 Å². The Morgan fingerprint density at radius 3 is 2.15 bits per heavy atom. The number of hydrogen-bond donors (Lipinski definition) is 0. The largest absolute Gasteiger partial charge is 0.454 e. The number of rotatable bonds is 4. The Balaban J connectivity index is 1.59. The third-order valence-electron chi connectivity index (χ3n) is 4.40. The topological polar surface area (TPSA) is 60.4 Å². The molecule has 0 radical (unpaired) electrons. The van der Waals surface area contributed by atoms with E-state index in [0.29, 0.717) is 16.7 Å². The first-order valence-electron chi connectivity index (χ1n) is 8.19. The zero-order chi connectivity index (χ0) is 18.1. The molecule has 0 amide bonds. The lowest BCUT2D eigenvalue weighted by atomic mass is 10.0. The Hall–Kier alpha value is -3.53. The molecule has 0 N–H and O–H groups in total. The highest BCUT2D eigenvalue weighted by atomic mass is 16.5. The molecule has 0 fully saturated rings. The summed E-state index contributed by atoms with van der Waals surface area (Å²) >= 11 is 0. The van der Waals surface area contributed by atoms with Crippen LogP contribution in [-0.2, 0) is 4.74 Å². The predicted octanol–water partition coefficient (Wildman–Crippen LogP) is 3.94. The van der Waals surface area contributed by atoms with Crippen LogP contribution in [0.5, 0.6) is 0 Å². The van der Waals surface area contributed by atoms with Gasteiger partial charge in [-0.15, -0.1) is 0 Å². The number of esters is 1. The van der Waals surface area contributed by atoms with E-state index in [9.17, 15) is 14.4 Å². The van der Waals surface area contributed by atoms with Gasteiger partial charge in [0.15, 0.2) is 18.2 Å². The average Bonchev–Trinajstić information content (AvgIpc) is 2.99. The molecular weight excluding hydrogens is 328 g/mol. The maximum Gasteiger partial charge on any atom is 0.339 e. The standard InChI is InChI=1S/C22H14O4/c23-19(14-7-2-1-3-8-14)13-26-22(25)18-12-6-11-16-15-9-4-5-10-17(15)21(24)20(16)18/h1-12H,13H2. The number of fused-ring (bicyclic) bond motifs is 3. The molecule has 0 atom stereocenters. The van der Waals surface area contributed by atoms with E-state index in [2.05, 4.69) is 0 Å². The average molecular weight is 342 g/mol. The minimum atomic E-state index is -0.674. The molecule has 0 unspecified atom stereocenters. The number of hydrogen-bond acceptors (Lipinski definition) is 4. The van der Waals surface area contributed by atoms with Crippen molar-refractivity contribution in [1.82, 2.24) is 0 Å². The first-order chi connectivity index (χ1) is 12.7. The van der Waals surface area contributed by atoms with Gasteiger partial charge in [-0.1, -0.05) is 66.7 Å². The van der Waals surface area contributed by atoms with Crippen molar-refractivity contribution in [3.63, 3.8) is 0 Å². The Bertz CT molecular complexity index is 1040. The van der Waals surface area contributed by atoms with E-state index >= 15 is 0 Å². The number of carbonyl (C=O) groups is 3. The van der Waals surface area contributed by atoms with Crippen LogP contribution >= 0.6 is 0 Å². The molecule has 0 aromatic heterocycles. The minimum absolute atomic E-state index is 0.185. The fourth-order valence-electron chi connectivity index (χ4n) is 3.16. The lowest BCUT2D eigenvalue weighted by Crippen LogP contribution is -2.16. The van der Waals surface area contributed by atoms with Crippen LogP contribution < -0.4 is 0 Å². The zero-order valence-electron chi connectivity index (χ0n) is 13.8. The molecule has 0 aliphatic heterocycles. The number of carbonyl (C=O) groups excluding carboxylic acids is 3. The minimum Gasteiger partial charge on any atom is -0.454 e. The van der Waals surface area contributed by atoms with Crippen molar-refractivity contribution in [1.29, 1.82) is 0 Å². The fourth-order valence-corrected chi connectivity index (χ4v) is 3.16. The van der Waals surface area contributed by atoms with Crippen molar-refractivity contribution < 1.29 is 19.1 Å². The predicted molar refractivity (Wildman–Crippen MR) is 96.4 cm³/mol. The second-order valence-corrected chi connectivity index (χ2v) is 5.97. The second-order valence-electron chi connectivity index (χ2n) is 5.97. The van der Waals surface area contributed by atoms with Crippen LogP contribution in [0.1, 0.15) is 36.6 Å². The van der Waals surface area contributed by atoms with Gasteiger partial charge in [0.2, 0.25) is 0 Å². The summed E-state index contributed by atoms with van der Waals surface area (Å²) in [5.74, 6) is -1.16. The van der Waals surface area contributed by atoms with Crippen LogP contribution in [-0.4, -0.2) is 24.1 Å². The highest BCUT2D eigenvalue weighted by molar-refractivity contribution is 6.25. The van der Waals surface area contributed by atoms with Gasteiger partial charge >= 0.3 is 5.97 Å². The molecule has 4 rings (SSSR count). The van der Waals surface area contributed by atoms with Gasteiger partial charge in [0, 0.05) is 16.7 Å². The summed E-state index contributed by atoms with van der Waals surface area (Å²) in [7, 11) is 0. The van der Waals surface area contributed by atoms with Gasteiger partial charge in [-0.2, -0.15) is 0 Å². The van der Waals surface area contributed by atoms with Gasteiger partial charge < -0.3 is 4.74 Å². The third-order valence-corrected chi connectivity index (χ3v) is 4.40. The highest BCUT2D eigenvalue weighted by Crippen LogP contribution is 2.38. The smallest absolute Gasteiger partial charge is 0.339 e. The van der Waals surface area contributed by atoms with Gasteiger partial charge in [0.25, 0.3) is 0 Å². The molecule has 0 saturated heterocycles. The van der Waals surface area contributed by atoms with E-state index in [1.54, 1.807) is 54.6 Å². The van der Waals surface area contributed by atoms with Gasteiger partial charge in [-0.3, -0.25) is 9.59 Å². The molecule has 26 heavy (non-hydrogen) atoms. The molecule has 4 heteroatoms. The lowest BCUT2D eigenvalue weighted by molar-refractivity contribution is 0.0473. The van der Waals surface area contributed by atoms with E-state index in [0.717, 1.165) is 11.1 Å². The molecule has 0 spiro atoms. The molecule has 3 aromatic carbocycles. The Morgan fingerprint density at radius 1 is 0.731 bits per heavy atom. The summed E-state index contributed by atoms with van der Waals surface area (Å²) in [6.45, 7) is -0.367. The van der Waals surface area contributed by atoms with Crippen LogP contribution in [0.3, 0.4) is 0 Å². The van der Waals surface area contributed by atoms with E-state index in [1.807, 2.05) is 18.2 Å². The molecule has 0 heterocycles. The van der Waals surface area contributed by atoms with Crippen LogP contribution in [0.15, 0.2) is 72.8 Å². The molecule has 0 bridgehead atoms. The monoisotopic (exact) mass is 342 g/mol. The molecule has 0 saturated carbocycles. The van der Waals surface area contributed by atoms with Crippen molar-refractivity contribution >= 4 is 17.5 Å². The molecule has 1 aliphatic carbocycles. The van der Waals surface area contributed by atoms with Crippen LogP contribution in [0.4, 0.5) is 0 Å². The molecule has 4 nitrogen and oxygen atoms in total. The third kappa shape index (κ3) is 2.62. The fraction of sp³-hybridized carbons (Fsp3) is 0.0455. The SMILES string of the molecule is O=C(COC(=O)c1cccc2c1C(=O)c1ccccc1-2)c1ccccc1. The van der Waals surface area contributed by atoms with E-state index in [1.165, 1.54) is 0 Å². The first kappa shape index (κ1) is 16.0. The number of benzene rings is 3. The summed E-state index contributed by atoms with van der Waals surface area (Å²) in [5.41, 5.74) is 3.09.